The van der Waals surface area contributed by atoms with Gasteiger partial charge in [-0.05, 0) is 24.0 Å². The van der Waals surface area contributed by atoms with E-state index in [-0.39, 0.29) is 12.3 Å². The molecule has 1 atom stereocenters. The summed E-state index contributed by atoms with van der Waals surface area (Å²) in [6.07, 6.45) is 2.64. The number of ether oxygens (including phenoxy) is 2. The summed E-state index contributed by atoms with van der Waals surface area (Å²) in [5.74, 6) is 0. The van der Waals surface area contributed by atoms with Crippen molar-refractivity contribution in [3.05, 3.63) is 35.4 Å². The molecule has 94 valence electrons. The highest BCUT2D eigenvalue weighted by molar-refractivity contribution is 5.23. The highest BCUT2D eigenvalue weighted by Gasteiger charge is 2.19. The van der Waals surface area contributed by atoms with Crippen LogP contribution in [0.5, 0.6) is 0 Å². The topological polar surface area (TPSA) is 44.5 Å². The van der Waals surface area contributed by atoms with Crippen LogP contribution in [0.1, 0.15) is 24.5 Å². The van der Waals surface area contributed by atoms with E-state index in [4.69, 9.17) is 15.2 Å². The van der Waals surface area contributed by atoms with E-state index >= 15 is 0 Å². The van der Waals surface area contributed by atoms with Crippen LogP contribution in [0.15, 0.2) is 24.3 Å². The van der Waals surface area contributed by atoms with E-state index in [1.807, 2.05) is 0 Å². The van der Waals surface area contributed by atoms with E-state index in [2.05, 4.69) is 31.2 Å². The molecule has 0 bridgehead atoms. The van der Waals surface area contributed by atoms with Crippen LogP contribution in [0.2, 0.25) is 0 Å². The molecule has 1 heterocycles. The summed E-state index contributed by atoms with van der Waals surface area (Å²) in [6.45, 7) is 3.56. The van der Waals surface area contributed by atoms with Crippen molar-refractivity contribution in [3.8, 4) is 0 Å². The summed E-state index contributed by atoms with van der Waals surface area (Å²) < 4.78 is 10.8. The third kappa shape index (κ3) is 3.80. The molecule has 1 unspecified atom stereocenters. The molecule has 3 heteroatoms. The largest absolute Gasteiger partial charge is 0.350 e. The Balaban J connectivity index is 1.81. The zero-order valence-corrected chi connectivity index (χ0v) is 10.4. The van der Waals surface area contributed by atoms with Crippen LogP contribution in [-0.4, -0.2) is 25.5 Å². The Kier molecular flexibility index (Phi) is 4.54. The van der Waals surface area contributed by atoms with Crippen LogP contribution >= 0.6 is 0 Å². The van der Waals surface area contributed by atoms with E-state index in [1.54, 1.807) is 0 Å². The number of rotatable bonds is 5. The average molecular weight is 235 g/mol. The first kappa shape index (κ1) is 12.6. The third-order valence-electron chi connectivity index (χ3n) is 3.12. The lowest BCUT2D eigenvalue weighted by Crippen LogP contribution is -2.28. The minimum absolute atomic E-state index is 0.0973. The first-order valence-electron chi connectivity index (χ1n) is 6.34. The molecule has 0 spiro atoms. The van der Waals surface area contributed by atoms with Gasteiger partial charge in [0.1, 0.15) is 0 Å². The molecule has 0 radical (unpaired) electrons. The van der Waals surface area contributed by atoms with Crippen LogP contribution < -0.4 is 5.73 Å². The van der Waals surface area contributed by atoms with Gasteiger partial charge >= 0.3 is 0 Å². The third-order valence-corrected chi connectivity index (χ3v) is 3.12. The first-order chi connectivity index (χ1) is 8.28. The van der Waals surface area contributed by atoms with E-state index in [1.165, 1.54) is 11.1 Å². The molecule has 0 aliphatic carbocycles. The molecular weight excluding hydrogens is 214 g/mol. The van der Waals surface area contributed by atoms with Crippen molar-refractivity contribution >= 4 is 0 Å². The number of nitrogens with two attached hydrogens (primary N) is 1. The molecule has 2 rings (SSSR count). The van der Waals surface area contributed by atoms with E-state index < -0.39 is 0 Å². The summed E-state index contributed by atoms with van der Waals surface area (Å²) in [7, 11) is 0. The Morgan fingerprint density at radius 2 is 1.76 bits per heavy atom. The smallest absolute Gasteiger partial charge is 0.159 e. The van der Waals surface area contributed by atoms with Gasteiger partial charge < -0.3 is 15.2 Å². The van der Waals surface area contributed by atoms with E-state index in [9.17, 15) is 0 Å². The van der Waals surface area contributed by atoms with Crippen molar-refractivity contribution in [2.75, 3.05) is 13.2 Å². The Morgan fingerprint density at radius 1 is 1.18 bits per heavy atom. The lowest BCUT2D eigenvalue weighted by atomic mass is 10.0. The van der Waals surface area contributed by atoms with Crippen molar-refractivity contribution in [1.29, 1.82) is 0 Å². The van der Waals surface area contributed by atoms with Crippen LogP contribution in [0.4, 0.5) is 0 Å². The normalized spacial score (nSPS) is 18.5. The number of hydrogen-bond donors (Lipinski definition) is 1. The van der Waals surface area contributed by atoms with Crippen molar-refractivity contribution in [1.82, 2.24) is 0 Å². The Labute approximate surface area is 103 Å². The summed E-state index contributed by atoms with van der Waals surface area (Å²) in [6, 6.07) is 8.77. The van der Waals surface area contributed by atoms with Gasteiger partial charge in [-0.15, -0.1) is 0 Å². The SMILES string of the molecule is CCc1ccc(CC(N)CC2OCCO2)cc1. The van der Waals surface area contributed by atoms with Gasteiger partial charge in [0, 0.05) is 12.5 Å². The molecule has 0 saturated carbocycles. The fourth-order valence-electron chi connectivity index (χ4n) is 2.09. The van der Waals surface area contributed by atoms with Gasteiger partial charge in [0.15, 0.2) is 6.29 Å². The van der Waals surface area contributed by atoms with Crippen molar-refractivity contribution in [2.45, 2.75) is 38.5 Å². The average Bonchev–Trinajstić information content (AvgIpc) is 2.82. The number of hydrogen-bond acceptors (Lipinski definition) is 3. The maximum atomic E-state index is 6.10. The van der Waals surface area contributed by atoms with E-state index in [0.717, 1.165) is 19.3 Å². The molecule has 0 amide bonds. The second kappa shape index (κ2) is 6.15. The van der Waals surface area contributed by atoms with Crippen molar-refractivity contribution in [2.24, 2.45) is 5.73 Å². The molecule has 0 aromatic heterocycles. The van der Waals surface area contributed by atoms with E-state index in [0.29, 0.717) is 13.2 Å². The van der Waals surface area contributed by atoms with Gasteiger partial charge in [-0.25, -0.2) is 0 Å². The van der Waals surface area contributed by atoms with Crippen LogP contribution in [-0.2, 0) is 22.3 Å². The second-order valence-corrected chi connectivity index (χ2v) is 4.54. The summed E-state index contributed by atoms with van der Waals surface area (Å²) in [4.78, 5) is 0. The fourth-order valence-corrected chi connectivity index (χ4v) is 2.09. The maximum absolute atomic E-state index is 6.10. The standard InChI is InChI=1S/C14H21NO2/c1-2-11-3-5-12(6-4-11)9-13(15)10-14-16-7-8-17-14/h3-6,13-14H,2,7-10,15H2,1H3. The maximum Gasteiger partial charge on any atom is 0.159 e. The van der Waals surface area contributed by atoms with Crippen LogP contribution in [0, 0.1) is 0 Å². The predicted molar refractivity (Wildman–Crippen MR) is 67.8 cm³/mol. The molecular formula is C14H21NO2. The Morgan fingerprint density at radius 3 is 2.35 bits per heavy atom. The molecule has 2 N–H and O–H groups in total. The molecule has 1 fully saturated rings. The van der Waals surface area contributed by atoms with Crippen molar-refractivity contribution in [3.63, 3.8) is 0 Å². The van der Waals surface area contributed by atoms with Crippen LogP contribution in [0.3, 0.4) is 0 Å². The predicted octanol–water partition coefficient (Wildman–Crippen LogP) is 1.88. The summed E-state index contributed by atoms with van der Waals surface area (Å²) in [5, 5.41) is 0. The zero-order chi connectivity index (χ0) is 12.1. The Hall–Kier alpha value is -0.900. The molecule has 1 aliphatic rings. The second-order valence-electron chi connectivity index (χ2n) is 4.54. The van der Waals surface area contributed by atoms with Gasteiger partial charge in [0.2, 0.25) is 0 Å². The molecule has 17 heavy (non-hydrogen) atoms. The van der Waals surface area contributed by atoms with Gasteiger partial charge in [-0.2, -0.15) is 0 Å². The molecule has 1 aromatic carbocycles. The summed E-state index contributed by atoms with van der Waals surface area (Å²) >= 11 is 0. The molecule has 1 saturated heterocycles. The van der Waals surface area contributed by atoms with Gasteiger partial charge in [0.25, 0.3) is 0 Å². The highest BCUT2D eigenvalue weighted by Crippen LogP contribution is 2.13. The summed E-state index contributed by atoms with van der Waals surface area (Å²) in [5.41, 5.74) is 8.75. The molecule has 1 aromatic rings. The quantitative estimate of drug-likeness (QED) is 0.847. The van der Waals surface area contributed by atoms with Gasteiger partial charge in [-0.1, -0.05) is 31.2 Å². The van der Waals surface area contributed by atoms with Crippen molar-refractivity contribution < 1.29 is 9.47 Å². The minimum Gasteiger partial charge on any atom is -0.350 e. The lowest BCUT2D eigenvalue weighted by Gasteiger charge is -2.15. The molecule has 3 nitrogen and oxygen atoms in total. The number of benzene rings is 1. The zero-order valence-electron chi connectivity index (χ0n) is 10.4. The highest BCUT2D eigenvalue weighted by atomic mass is 16.7. The molecule has 1 aliphatic heterocycles. The number of aryl methyl sites for hydroxylation is 1. The van der Waals surface area contributed by atoms with Crippen LogP contribution in [0.25, 0.3) is 0 Å². The minimum atomic E-state index is -0.0973. The first-order valence-corrected chi connectivity index (χ1v) is 6.34. The van der Waals surface area contributed by atoms with Gasteiger partial charge in [0.05, 0.1) is 13.2 Å². The fraction of sp³-hybridized carbons (Fsp3) is 0.571. The monoisotopic (exact) mass is 235 g/mol. The lowest BCUT2D eigenvalue weighted by molar-refractivity contribution is -0.0504. The van der Waals surface area contributed by atoms with Gasteiger partial charge in [-0.3, -0.25) is 0 Å². The Bertz CT molecular complexity index is 331.